The topological polar surface area (TPSA) is 37.3 Å². The Bertz CT molecular complexity index is 486. The van der Waals surface area contributed by atoms with Crippen LogP contribution in [-0.2, 0) is 4.79 Å². The van der Waals surface area contributed by atoms with Gasteiger partial charge in [0, 0.05) is 12.8 Å². The van der Waals surface area contributed by atoms with E-state index in [2.05, 4.69) is 20.8 Å². The van der Waals surface area contributed by atoms with Crippen molar-refractivity contribution in [1.29, 1.82) is 0 Å². The van der Waals surface area contributed by atoms with Crippen LogP contribution in [0.5, 0.6) is 0 Å². The molecule has 0 aromatic carbocycles. The Morgan fingerprint density at radius 2 is 1.77 bits per heavy atom. The van der Waals surface area contributed by atoms with Crippen LogP contribution in [0.4, 0.5) is 0 Å². The SMILES string of the molecule is C[C@@H]1C[C@@H]2CC(=O)CC[C@]2(C)[C@H]2CC[C@]3(C)[C@@H](O)CC[C@H]3[C@H]12. The highest BCUT2D eigenvalue weighted by molar-refractivity contribution is 5.79. The Balaban J connectivity index is 1.68. The summed E-state index contributed by atoms with van der Waals surface area (Å²) < 4.78 is 0. The Morgan fingerprint density at radius 3 is 2.55 bits per heavy atom. The van der Waals surface area contributed by atoms with Crippen molar-refractivity contribution in [2.75, 3.05) is 0 Å². The molecule has 4 aliphatic rings. The number of aliphatic hydroxyl groups excluding tert-OH is 1. The minimum Gasteiger partial charge on any atom is -0.393 e. The van der Waals surface area contributed by atoms with Crippen molar-refractivity contribution in [3.05, 3.63) is 0 Å². The summed E-state index contributed by atoms with van der Waals surface area (Å²) >= 11 is 0. The lowest BCUT2D eigenvalue weighted by Gasteiger charge is -2.62. The van der Waals surface area contributed by atoms with Gasteiger partial charge in [-0.1, -0.05) is 20.8 Å². The molecule has 0 saturated heterocycles. The Kier molecular flexibility index (Phi) is 3.32. The number of hydrogen-bond donors (Lipinski definition) is 1. The maximum Gasteiger partial charge on any atom is 0.133 e. The molecule has 4 saturated carbocycles. The van der Waals surface area contributed by atoms with E-state index in [-0.39, 0.29) is 11.5 Å². The van der Waals surface area contributed by atoms with Crippen LogP contribution in [0.3, 0.4) is 0 Å². The molecule has 0 bridgehead atoms. The first-order chi connectivity index (χ1) is 10.4. The summed E-state index contributed by atoms with van der Waals surface area (Å²) in [6.07, 6.45) is 8.65. The van der Waals surface area contributed by atoms with Crippen molar-refractivity contribution in [3.8, 4) is 0 Å². The van der Waals surface area contributed by atoms with Gasteiger partial charge < -0.3 is 5.11 Å². The third kappa shape index (κ3) is 1.85. The summed E-state index contributed by atoms with van der Waals surface area (Å²) in [5.41, 5.74) is 0.559. The van der Waals surface area contributed by atoms with Gasteiger partial charge in [0.2, 0.25) is 0 Å². The van der Waals surface area contributed by atoms with E-state index in [0.717, 1.165) is 43.4 Å². The van der Waals surface area contributed by atoms with Gasteiger partial charge in [-0.2, -0.15) is 0 Å². The standard InChI is InChI=1S/C20H32O2/c1-12-10-13-11-14(21)6-8-19(13,2)16-7-9-20(3)15(18(12)16)4-5-17(20)22/h12-13,15-18,22H,4-11H2,1-3H3/t12-,13-,15+,16+,17+,18+,19+,20+/m1/s1. The first-order valence-corrected chi connectivity index (χ1v) is 9.56. The number of ketones is 1. The number of Topliss-reactive ketones (excluding diaryl/α,β-unsaturated/α-hetero) is 1. The van der Waals surface area contributed by atoms with Crippen molar-refractivity contribution in [3.63, 3.8) is 0 Å². The van der Waals surface area contributed by atoms with Crippen LogP contribution in [0.15, 0.2) is 0 Å². The Labute approximate surface area is 135 Å². The quantitative estimate of drug-likeness (QED) is 0.728. The number of fused-ring (bicyclic) bond motifs is 5. The average molecular weight is 304 g/mol. The smallest absolute Gasteiger partial charge is 0.133 e. The maximum atomic E-state index is 12.0. The fraction of sp³-hybridized carbons (Fsp3) is 0.950. The van der Waals surface area contributed by atoms with Gasteiger partial charge in [-0.3, -0.25) is 4.79 Å². The number of carbonyl (C=O) groups excluding carboxylic acids is 1. The predicted octanol–water partition coefficient (Wildman–Crippen LogP) is 4.21. The number of carbonyl (C=O) groups is 1. The molecule has 124 valence electrons. The van der Waals surface area contributed by atoms with E-state index in [1.54, 1.807) is 0 Å². The monoisotopic (exact) mass is 304 g/mol. The summed E-state index contributed by atoms with van der Waals surface area (Å²) in [6, 6.07) is 0. The van der Waals surface area contributed by atoms with Crippen LogP contribution in [0.1, 0.15) is 72.1 Å². The van der Waals surface area contributed by atoms with Gasteiger partial charge in [-0.25, -0.2) is 0 Å². The Morgan fingerprint density at radius 1 is 1.05 bits per heavy atom. The fourth-order valence-corrected chi connectivity index (χ4v) is 7.40. The molecule has 0 radical (unpaired) electrons. The Hall–Kier alpha value is -0.370. The van der Waals surface area contributed by atoms with E-state index in [1.165, 1.54) is 25.7 Å². The van der Waals surface area contributed by atoms with E-state index in [0.29, 0.717) is 23.0 Å². The normalized spacial score (nSPS) is 57.9. The van der Waals surface area contributed by atoms with Gasteiger partial charge in [0.1, 0.15) is 5.78 Å². The van der Waals surface area contributed by atoms with Crippen molar-refractivity contribution in [1.82, 2.24) is 0 Å². The third-order valence-electron chi connectivity index (χ3n) is 8.79. The number of aliphatic hydroxyl groups is 1. The molecule has 0 aromatic rings. The zero-order valence-electron chi connectivity index (χ0n) is 14.5. The molecule has 1 N–H and O–H groups in total. The molecule has 0 unspecified atom stereocenters. The van der Waals surface area contributed by atoms with E-state index < -0.39 is 0 Å². The average Bonchev–Trinajstić information content (AvgIpc) is 2.77. The molecule has 0 amide bonds. The second kappa shape index (κ2) is 4.82. The van der Waals surface area contributed by atoms with Gasteiger partial charge in [-0.15, -0.1) is 0 Å². The lowest BCUT2D eigenvalue weighted by Crippen LogP contribution is -2.56. The van der Waals surface area contributed by atoms with E-state index in [9.17, 15) is 9.90 Å². The van der Waals surface area contributed by atoms with E-state index in [1.807, 2.05) is 0 Å². The van der Waals surface area contributed by atoms with Crippen LogP contribution < -0.4 is 0 Å². The van der Waals surface area contributed by atoms with Gasteiger partial charge in [0.15, 0.2) is 0 Å². The predicted molar refractivity (Wildman–Crippen MR) is 87.3 cm³/mol. The molecule has 2 nitrogen and oxygen atoms in total. The highest BCUT2D eigenvalue weighted by Gasteiger charge is 2.61. The molecule has 0 aliphatic heterocycles. The van der Waals surface area contributed by atoms with Crippen LogP contribution in [0, 0.1) is 40.4 Å². The summed E-state index contributed by atoms with van der Waals surface area (Å²) in [5, 5.41) is 10.5. The van der Waals surface area contributed by atoms with E-state index in [4.69, 9.17) is 0 Å². The molecule has 4 aliphatic carbocycles. The molecule has 0 spiro atoms. The van der Waals surface area contributed by atoms with Crippen molar-refractivity contribution < 1.29 is 9.90 Å². The van der Waals surface area contributed by atoms with Gasteiger partial charge in [0.25, 0.3) is 0 Å². The van der Waals surface area contributed by atoms with Gasteiger partial charge in [0.05, 0.1) is 6.10 Å². The van der Waals surface area contributed by atoms with Crippen molar-refractivity contribution in [2.45, 2.75) is 78.2 Å². The largest absolute Gasteiger partial charge is 0.393 e. The highest BCUT2D eigenvalue weighted by Crippen LogP contribution is 2.67. The molecular formula is C20H32O2. The zero-order chi connectivity index (χ0) is 15.7. The second-order valence-corrected chi connectivity index (χ2v) is 9.59. The highest BCUT2D eigenvalue weighted by atomic mass is 16.3. The first-order valence-electron chi connectivity index (χ1n) is 9.56. The van der Waals surface area contributed by atoms with Gasteiger partial charge >= 0.3 is 0 Å². The molecule has 4 rings (SSSR count). The minimum absolute atomic E-state index is 0.0795. The van der Waals surface area contributed by atoms with Gasteiger partial charge in [-0.05, 0) is 78.9 Å². The molecule has 8 atom stereocenters. The molecule has 0 aromatic heterocycles. The third-order valence-corrected chi connectivity index (χ3v) is 8.79. The molecule has 22 heavy (non-hydrogen) atoms. The maximum absolute atomic E-state index is 12.0. The lowest BCUT2D eigenvalue weighted by atomic mass is 9.43. The second-order valence-electron chi connectivity index (χ2n) is 9.59. The summed E-state index contributed by atoms with van der Waals surface area (Å²) in [7, 11) is 0. The van der Waals surface area contributed by atoms with Crippen molar-refractivity contribution in [2.24, 2.45) is 40.4 Å². The zero-order valence-corrected chi connectivity index (χ0v) is 14.5. The minimum atomic E-state index is -0.0795. The van der Waals surface area contributed by atoms with Crippen LogP contribution in [-0.4, -0.2) is 17.0 Å². The molecule has 2 heteroatoms. The van der Waals surface area contributed by atoms with Crippen LogP contribution in [0.2, 0.25) is 0 Å². The van der Waals surface area contributed by atoms with Crippen molar-refractivity contribution >= 4 is 5.78 Å². The first kappa shape index (κ1) is 15.2. The summed E-state index contributed by atoms with van der Waals surface area (Å²) in [4.78, 5) is 12.0. The molecular weight excluding hydrogens is 272 g/mol. The number of hydrogen-bond acceptors (Lipinski definition) is 2. The molecule has 0 heterocycles. The lowest BCUT2D eigenvalue weighted by molar-refractivity contribution is -0.153. The fourth-order valence-electron chi connectivity index (χ4n) is 7.40. The van der Waals surface area contributed by atoms with Crippen LogP contribution in [0.25, 0.3) is 0 Å². The summed E-state index contributed by atoms with van der Waals surface area (Å²) in [5.74, 6) is 4.14. The molecule has 4 fully saturated rings. The number of rotatable bonds is 0. The van der Waals surface area contributed by atoms with Crippen LogP contribution >= 0.6 is 0 Å². The summed E-state index contributed by atoms with van der Waals surface area (Å²) in [6.45, 7) is 7.30. The van der Waals surface area contributed by atoms with E-state index >= 15 is 0 Å².